The number of likely N-dealkylation sites (tertiary alicyclic amines) is 1. The fourth-order valence-corrected chi connectivity index (χ4v) is 4.03. The van der Waals surface area contributed by atoms with Crippen LogP contribution in [-0.4, -0.2) is 52.8 Å². The van der Waals surface area contributed by atoms with Crippen molar-refractivity contribution >= 4 is 23.3 Å². The van der Waals surface area contributed by atoms with E-state index in [9.17, 15) is 14.7 Å². The molecule has 28 heavy (non-hydrogen) atoms. The molecule has 0 aliphatic carbocycles. The Morgan fingerprint density at radius 1 is 1.14 bits per heavy atom. The number of hydrogen-bond donors (Lipinski definition) is 1. The first-order valence-electron chi connectivity index (χ1n) is 9.36. The Balaban J connectivity index is 1.68. The molecule has 6 nitrogen and oxygen atoms in total. The normalized spacial score (nSPS) is 20.4. The fourth-order valence-electron chi connectivity index (χ4n) is 3.90. The average Bonchev–Trinajstić information content (AvgIpc) is 3.44. The van der Waals surface area contributed by atoms with Crippen molar-refractivity contribution in [3.8, 4) is 0 Å². The van der Waals surface area contributed by atoms with Crippen LogP contribution in [0.3, 0.4) is 0 Å². The van der Waals surface area contributed by atoms with Crippen LogP contribution in [0.4, 0.5) is 0 Å². The molecule has 1 N–H and O–H groups in total. The van der Waals surface area contributed by atoms with Crippen molar-refractivity contribution in [3.63, 3.8) is 0 Å². The van der Waals surface area contributed by atoms with Crippen molar-refractivity contribution in [2.45, 2.75) is 18.9 Å². The van der Waals surface area contributed by atoms with Gasteiger partial charge in [-0.3, -0.25) is 9.59 Å². The number of Topliss-reactive ketones (excluding diaryl/α,β-unsaturated/α-hetero) is 1. The highest BCUT2D eigenvalue weighted by Gasteiger charge is 2.44. The second-order valence-electron chi connectivity index (χ2n) is 7.07. The predicted molar refractivity (Wildman–Crippen MR) is 104 cm³/mol. The molecule has 1 atom stereocenters. The zero-order valence-electron chi connectivity index (χ0n) is 15.3. The molecule has 7 heteroatoms. The van der Waals surface area contributed by atoms with Crippen molar-refractivity contribution in [2.24, 2.45) is 0 Å². The zero-order valence-corrected chi connectivity index (χ0v) is 16.1. The standard InChI is InChI=1S/C21H21ClN2O4/c22-15-7-5-14(6-8-15)18-17(19(25)16-4-3-13-28-16)20(26)21(27)24(18)12-11-23-9-1-2-10-23/h3-8,13,18,26H,1-2,9-12H2. The topological polar surface area (TPSA) is 74.0 Å². The van der Waals surface area contributed by atoms with Crippen molar-refractivity contribution in [1.82, 2.24) is 9.80 Å². The van der Waals surface area contributed by atoms with Gasteiger partial charge in [0.1, 0.15) is 0 Å². The van der Waals surface area contributed by atoms with Gasteiger partial charge in [-0.1, -0.05) is 23.7 Å². The maximum Gasteiger partial charge on any atom is 0.290 e. The van der Waals surface area contributed by atoms with Crippen LogP contribution in [0.5, 0.6) is 0 Å². The maximum absolute atomic E-state index is 13.0. The molecule has 4 rings (SSSR count). The van der Waals surface area contributed by atoms with Crippen LogP contribution in [0.25, 0.3) is 0 Å². The van der Waals surface area contributed by atoms with E-state index in [0.717, 1.165) is 31.5 Å². The number of carbonyl (C=O) groups is 2. The van der Waals surface area contributed by atoms with Gasteiger partial charge in [0.25, 0.3) is 5.91 Å². The third kappa shape index (κ3) is 3.45. The van der Waals surface area contributed by atoms with Crippen LogP contribution in [0, 0.1) is 0 Å². The second kappa shape index (κ2) is 7.81. The molecular formula is C21H21ClN2O4. The molecule has 3 heterocycles. The molecule has 1 fully saturated rings. The Morgan fingerprint density at radius 3 is 2.50 bits per heavy atom. The lowest BCUT2D eigenvalue weighted by Gasteiger charge is -2.28. The number of halogens is 1. The van der Waals surface area contributed by atoms with Gasteiger partial charge in [-0.2, -0.15) is 0 Å². The SMILES string of the molecule is O=C(C1=C(O)C(=O)N(CCN2CCCC2)C1c1ccc(Cl)cc1)c1ccco1. The van der Waals surface area contributed by atoms with Gasteiger partial charge in [0, 0.05) is 18.1 Å². The zero-order chi connectivity index (χ0) is 19.7. The molecule has 1 saturated heterocycles. The van der Waals surface area contributed by atoms with Gasteiger partial charge in [-0.05, 0) is 55.8 Å². The molecular weight excluding hydrogens is 380 g/mol. The van der Waals surface area contributed by atoms with E-state index in [-0.39, 0.29) is 11.3 Å². The molecule has 1 unspecified atom stereocenters. The Morgan fingerprint density at radius 2 is 1.86 bits per heavy atom. The van der Waals surface area contributed by atoms with Gasteiger partial charge in [0.2, 0.25) is 5.78 Å². The summed E-state index contributed by atoms with van der Waals surface area (Å²) in [6.07, 6.45) is 3.70. The Kier molecular flexibility index (Phi) is 5.24. The predicted octanol–water partition coefficient (Wildman–Crippen LogP) is 3.61. The summed E-state index contributed by atoms with van der Waals surface area (Å²) in [5.41, 5.74) is 0.766. The van der Waals surface area contributed by atoms with Crippen LogP contribution in [0.1, 0.15) is 35.0 Å². The van der Waals surface area contributed by atoms with Gasteiger partial charge in [0.15, 0.2) is 11.5 Å². The fraction of sp³-hybridized carbons (Fsp3) is 0.333. The second-order valence-corrected chi connectivity index (χ2v) is 7.51. The third-order valence-corrected chi connectivity index (χ3v) is 5.59. The molecule has 0 bridgehead atoms. The van der Waals surface area contributed by atoms with Crippen molar-refractivity contribution < 1.29 is 19.1 Å². The van der Waals surface area contributed by atoms with Crippen molar-refractivity contribution in [2.75, 3.05) is 26.2 Å². The van der Waals surface area contributed by atoms with E-state index in [1.807, 2.05) is 0 Å². The summed E-state index contributed by atoms with van der Waals surface area (Å²) in [4.78, 5) is 29.7. The summed E-state index contributed by atoms with van der Waals surface area (Å²) in [7, 11) is 0. The number of benzene rings is 1. The molecule has 1 aromatic carbocycles. The number of aliphatic hydroxyl groups is 1. The minimum absolute atomic E-state index is 0.0451. The number of hydrogen-bond acceptors (Lipinski definition) is 5. The van der Waals surface area contributed by atoms with E-state index < -0.39 is 23.5 Å². The summed E-state index contributed by atoms with van der Waals surface area (Å²) in [6.45, 7) is 3.13. The average molecular weight is 401 g/mol. The van der Waals surface area contributed by atoms with E-state index in [1.54, 1.807) is 35.2 Å². The van der Waals surface area contributed by atoms with Crippen LogP contribution < -0.4 is 0 Å². The molecule has 2 aliphatic heterocycles. The smallest absolute Gasteiger partial charge is 0.290 e. The summed E-state index contributed by atoms with van der Waals surface area (Å²) < 4.78 is 5.22. The van der Waals surface area contributed by atoms with E-state index in [1.165, 1.54) is 12.3 Å². The lowest BCUT2D eigenvalue weighted by atomic mass is 9.95. The first-order valence-corrected chi connectivity index (χ1v) is 9.74. The van der Waals surface area contributed by atoms with Crippen molar-refractivity contribution in [1.29, 1.82) is 0 Å². The largest absolute Gasteiger partial charge is 0.503 e. The molecule has 2 aliphatic rings. The van der Waals surface area contributed by atoms with Crippen molar-refractivity contribution in [3.05, 3.63) is 70.3 Å². The molecule has 1 amide bonds. The highest BCUT2D eigenvalue weighted by atomic mass is 35.5. The van der Waals surface area contributed by atoms with Gasteiger partial charge in [-0.25, -0.2) is 0 Å². The van der Waals surface area contributed by atoms with Crippen LogP contribution in [-0.2, 0) is 4.79 Å². The summed E-state index contributed by atoms with van der Waals surface area (Å²) in [5.74, 6) is -1.44. The highest BCUT2D eigenvalue weighted by Crippen LogP contribution is 2.39. The summed E-state index contributed by atoms with van der Waals surface area (Å²) in [5, 5.41) is 11.1. The van der Waals surface area contributed by atoms with Crippen LogP contribution in [0.15, 0.2) is 58.4 Å². The van der Waals surface area contributed by atoms with Crippen LogP contribution in [0.2, 0.25) is 5.02 Å². The number of furan rings is 1. The van der Waals surface area contributed by atoms with E-state index in [4.69, 9.17) is 16.0 Å². The van der Waals surface area contributed by atoms with E-state index >= 15 is 0 Å². The minimum atomic E-state index is -0.676. The molecule has 0 saturated carbocycles. The Hall–Kier alpha value is -2.57. The Bertz CT molecular complexity index is 899. The van der Waals surface area contributed by atoms with E-state index in [2.05, 4.69) is 4.90 Å². The van der Waals surface area contributed by atoms with Crippen LogP contribution >= 0.6 is 11.6 Å². The highest BCUT2D eigenvalue weighted by molar-refractivity contribution is 6.30. The summed E-state index contributed by atoms with van der Waals surface area (Å²) in [6, 6.07) is 9.43. The molecule has 2 aromatic rings. The first kappa shape index (κ1) is 18.8. The quantitative estimate of drug-likeness (QED) is 0.750. The number of rotatable bonds is 6. The van der Waals surface area contributed by atoms with E-state index in [0.29, 0.717) is 18.1 Å². The molecule has 1 aromatic heterocycles. The lowest BCUT2D eigenvalue weighted by molar-refractivity contribution is -0.129. The minimum Gasteiger partial charge on any atom is -0.503 e. The Labute approximate surface area is 168 Å². The van der Waals surface area contributed by atoms with Gasteiger partial charge >= 0.3 is 0 Å². The number of carbonyl (C=O) groups excluding carboxylic acids is 2. The molecule has 0 spiro atoms. The van der Waals surface area contributed by atoms with Gasteiger partial charge in [0.05, 0.1) is 17.9 Å². The number of nitrogens with zero attached hydrogens (tertiary/aromatic N) is 2. The monoisotopic (exact) mass is 400 g/mol. The first-order chi connectivity index (χ1) is 13.6. The number of aliphatic hydroxyl groups excluding tert-OH is 1. The molecule has 146 valence electrons. The number of ketones is 1. The van der Waals surface area contributed by atoms with Gasteiger partial charge in [-0.15, -0.1) is 0 Å². The maximum atomic E-state index is 13.0. The lowest BCUT2D eigenvalue weighted by Crippen LogP contribution is -2.37. The van der Waals surface area contributed by atoms with Gasteiger partial charge < -0.3 is 19.3 Å². The molecule has 0 radical (unpaired) electrons. The number of amides is 1. The third-order valence-electron chi connectivity index (χ3n) is 5.33. The summed E-state index contributed by atoms with van der Waals surface area (Å²) >= 11 is 6.01.